The quantitative estimate of drug-likeness (QED) is 0.756. The molecule has 1 aliphatic carbocycles. The summed E-state index contributed by atoms with van der Waals surface area (Å²) in [6, 6.07) is 7.07. The van der Waals surface area contributed by atoms with Gasteiger partial charge < -0.3 is 5.32 Å². The molecule has 5 nitrogen and oxygen atoms in total. The molecule has 0 aromatic heterocycles. The molecule has 1 aromatic carbocycles. The summed E-state index contributed by atoms with van der Waals surface area (Å²) in [6.07, 6.45) is 4.86. The zero-order valence-electron chi connectivity index (χ0n) is 12.5. The van der Waals surface area contributed by atoms with Crippen LogP contribution in [0.15, 0.2) is 24.3 Å². The van der Waals surface area contributed by atoms with Crippen LogP contribution in [0.2, 0.25) is 0 Å². The largest absolute Gasteiger partial charge is 0.355 e. The Morgan fingerprint density at radius 1 is 1.24 bits per heavy atom. The van der Waals surface area contributed by atoms with Gasteiger partial charge in [0.25, 0.3) is 0 Å². The predicted molar refractivity (Wildman–Crippen MR) is 83.7 cm³/mol. The molecule has 21 heavy (non-hydrogen) atoms. The monoisotopic (exact) mass is 310 g/mol. The fourth-order valence-corrected chi connectivity index (χ4v) is 2.96. The minimum Gasteiger partial charge on any atom is -0.355 e. The van der Waals surface area contributed by atoms with E-state index in [4.69, 9.17) is 0 Å². The molecule has 0 unspecified atom stereocenters. The molecule has 1 amide bonds. The number of sulfonamides is 1. The summed E-state index contributed by atoms with van der Waals surface area (Å²) in [4.78, 5) is 12.3. The van der Waals surface area contributed by atoms with Gasteiger partial charge in [0, 0.05) is 12.2 Å². The van der Waals surface area contributed by atoms with Crippen LogP contribution in [0.3, 0.4) is 0 Å². The van der Waals surface area contributed by atoms with E-state index in [1.54, 1.807) is 12.1 Å². The van der Waals surface area contributed by atoms with Crippen LogP contribution in [-0.2, 0) is 20.2 Å². The number of amides is 1. The average molecular weight is 310 g/mol. The van der Waals surface area contributed by atoms with Crippen molar-refractivity contribution in [2.75, 3.05) is 17.5 Å². The van der Waals surface area contributed by atoms with Gasteiger partial charge in [-0.05, 0) is 37.0 Å². The number of hydrogen-bond acceptors (Lipinski definition) is 3. The van der Waals surface area contributed by atoms with E-state index >= 15 is 0 Å². The van der Waals surface area contributed by atoms with E-state index < -0.39 is 15.4 Å². The molecule has 6 heteroatoms. The molecular weight excluding hydrogens is 288 g/mol. The molecule has 0 radical (unpaired) electrons. The number of carbonyl (C=O) groups excluding carboxylic acids is 1. The van der Waals surface area contributed by atoms with Crippen LogP contribution in [0.1, 0.15) is 38.2 Å². The van der Waals surface area contributed by atoms with Crippen molar-refractivity contribution >= 4 is 21.6 Å². The fraction of sp³-hybridized carbons (Fsp3) is 0.533. The molecule has 0 spiro atoms. The van der Waals surface area contributed by atoms with Crippen molar-refractivity contribution in [3.63, 3.8) is 0 Å². The van der Waals surface area contributed by atoms with Gasteiger partial charge in [-0.25, -0.2) is 8.42 Å². The molecule has 2 rings (SSSR count). The first-order chi connectivity index (χ1) is 9.87. The van der Waals surface area contributed by atoms with Gasteiger partial charge in [0.15, 0.2) is 0 Å². The van der Waals surface area contributed by atoms with Crippen molar-refractivity contribution in [2.24, 2.45) is 0 Å². The smallest absolute Gasteiger partial charge is 0.230 e. The van der Waals surface area contributed by atoms with E-state index in [-0.39, 0.29) is 5.91 Å². The molecule has 0 atom stereocenters. The summed E-state index contributed by atoms with van der Waals surface area (Å²) in [5, 5.41) is 2.99. The molecule has 1 fully saturated rings. The van der Waals surface area contributed by atoms with Gasteiger partial charge in [-0.1, -0.05) is 25.5 Å². The van der Waals surface area contributed by atoms with Crippen molar-refractivity contribution in [2.45, 2.75) is 38.0 Å². The summed E-state index contributed by atoms with van der Waals surface area (Å²) in [5.41, 5.74) is 1.07. The summed E-state index contributed by atoms with van der Waals surface area (Å²) in [7, 11) is -3.27. The lowest BCUT2D eigenvalue weighted by molar-refractivity contribution is -0.123. The van der Waals surface area contributed by atoms with E-state index in [1.807, 2.05) is 12.1 Å². The van der Waals surface area contributed by atoms with Crippen molar-refractivity contribution in [3.8, 4) is 0 Å². The zero-order chi connectivity index (χ0) is 15.5. The number of benzene rings is 1. The molecule has 2 N–H and O–H groups in total. The SMILES string of the molecule is CCCCNC(=O)C1(c2ccc(NS(C)(=O)=O)cc2)CC1. The Morgan fingerprint density at radius 3 is 2.33 bits per heavy atom. The van der Waals surface area contributed by atoms with E-state index in [0.29, 0.717) is 12.2 Å². The van der Waals surface area contributed by atoms with Crippen LogP contribution in [0, 0.1) is 0 Å². The highest BCUT2D eigenvalue weighted by molar-refractivity contribution is 7.92. The van der Waals surface area contributed by atoms with Gasteiger partial charge in [-0.15, -0.1) is 0 Å². The second kappa shape index (κ2) is 6.05. The van der Waals surface area contributed by atoms with Crippen molar-refractivity contribution in [3.05, 3.63) is 29.8 Å². The zero-order valence-corrected chi connectivity index (χ0v) is 13.3. The van der Waals surface area contributed by atoms with Crippen LogP contribution >= 0.6 is 0 Å². The van der Waals surface area contributed by atoms with Crippen LogP contribution in [-0.4, -0.2) is 27.1 Å². The average Bonchev–Trinajstić information content (AvgIpc) is 3.19. The number of unbranched alkanes of at least 4 members (excludes halogenated alkanes) is 1. The van der Waals surface area contributed by atoms with Gasteiger partial charge in [0.05, 0.1) is 11.7 Å². The van der Waals surface area contributed by atoms with E-state index in [2.05, 4.69) is 17.0 Å². The minimum atomic E-state index is -3.27. The summed E-state index contributed by atoms with van der Waals surface area (Å²) in [5.74, 6) is 0.0831. The molecule has 0 bridgehead atoms. The maximum absolute atomic E-state index is 12.3. The third kappa shape index (κ3) is 3.97. The number of rotatable bonds is 7. The standard InChI is InChI=1S/C15H22N2O3S/c1-3-4-11-16-14(18)15(9-10-15)12-5-7-13(8-6-12)17-21(2,19)20/h5-8,17H,3-4,9-11H2,1-2H3,(H,16,18). The molecule has 0 heterocycles. The number of carbonyl (C=O) groups is 1. The first-order valence-electron chi connectivity index (χ1n) is 7.24. The van der Waals surface area contributed by atoms with Crippen LogP contribution < -0.4 is 10.0 Å². The third-order valence-electron chi connectivity index (χ3n) is 3.74. The highest BCUT2D eigenvalue weighted by atomic mass is 32.2. The van der Waals surface area contributed by atoms with Gasteiger partial charge in [-0.3, -0.25) is 9.52 Å². The third-order valence-corrected chi connectivity index (χ3v) is 4.35. The first kappa shape index (κ1) is 15.8. The Labute approximate surface area is 126 Å². The second-order valence-corrected chi connectivity index (χ2v) is 7.39. The number of anilines is 1. The summed E-state index contributed by atoms with van der Waals surface area (Å²) >= 11 is 0. The van der Waals surface area contributed by atoms with Crippen LogP contribution in [0.5, 0.6) is 0 Å². The molecule has 0 saturated heterocycles. The number of nitrogens with one attached hydrogen (secondary N) is 2. The first-order valence-corrected chi connectivity index (χ1v) is 9.13. The van der Waals surface area contributed by atoms with Gasteiger partial charge in [-0.2, -0.15) is 0 Å². The highest BCUT2D eigenvalue weighted by Crippen LogP contribution is 2.48. The molecule has 0 aliphatic heterocycles. The van der Waals surface area contributed by atoms with Crippen LogP contribution in [0.25, 0.3) is 0 Å². The topological polar surface area (TPSA) is 75.3 Å². The Kier molecular flexibility index (Phi) is 4.56. The molecule has 1 aromatic rings. The predicted octanol–water partition coefficient (Wildman–Crippen LogP) is 2.01. The maximum Gasteiger partial charge on any atom is 0.230 e. The molecular formula is C15H22N2O3S. The number of hydrogen-bond donors (Lipinski definition) is 2. The Bertz CT molecular complexity index is 604. The van der Waals surface area contributed by atoms with Crippen molar-refractivity contribution in [1.29, 1.82) is 0 Å². The fourth-order valence-electron chi connectivity index (χ4n) is 2.39. The Morgan fingerprint density at radius 2 is 1.86 bits per heavy atom. The van der Waals surface area contributed by atoms with Crippen molar-refractivity contribution in [1.82, 2.24) is 5.32 Å². The van der Waals surface area contributed by atoms with Gasteiger partial charge in [0.1, 0.15) is 0 Å². The van der Waals surface area contributed by atoms with Crippen molar-refractivity contribution < 1.29 is 13.2 Å². The summed E-state index contributed by atoms with van der Waals surface area (Å²) < 4.78 is 24.8. The van der Waals surface area contributed by atoms with Gasteiger partial charge in [0.2, 0.25) is 15.9 Å². The maximum atomic E-state index is 12.3. The molecule has 116 valence electrons. The lowest BCUT2D eigenvalue weighted by Crippen LogP contribution is -2.35. The Hall–Kier alpha value is -1.56. The lowest BCUT2D eigenvalue weighted by atomic mass is 9.94. The van der Waals surface area contributed by atoms with E-state index in [9.17, 15) is 13.2 Å². The second-order valence-electron chi connectivity index (χ2n) is 5.64. The Balaban J connectivity index is 2.06. The van der Waals surface area contributed by atoms with Gasteiger partial charge >= 0.3 is 0 Å². The lowest BCUT2D eigenvalue weighted by Gasteiger charge is -2.16. The van der Waals surface area contributed by atoms with E-state index in [1.165, 1.54) is 0 Å². The van der Waals surface area contributed by atoms with Crippen LogP contribution in [0.4, 0.5) is 5.69 Å². The normalized spacial score (nSPS) is 16.3. The summed E-state index contributed by atoms with van der Waals surface area (Å²) in [6.45, 7) is 2.80. The highest BCUT2D eigenvalue weighted by Gasteiger charge is 2.50. The minimum absolute atomic E-state index is 0.0831. The molecule has 1 aliphatic rings. The molecule has 1 saturated carbocycles. The van der Waals surface area contributed by atoms with E-state index in [0.717, 1.165) is 37.5 Å².